The quantitative estimate of drug-likeness (QED) is 0.566. The number of Topliss-reactive ketones (excluding diaryl/α,β-unsaturated/α-hetero) is 1. The number of rotatable bonds is 0. The molecular formula is C9H15NO. The number of hydrogen-bond acceptors (Lipinski definition) is 2. The van der Waals surface area contributed by atoms with Gasteiger partial charge in [0.15, 0.2) is 5.78 Å². The molecule has 0 spiro atoms. The van der Waals surface area contributed by atoms with Crippen LogP contribution in [0.1, 0.15) is 33.1 Å². The second-order valence-corrected chi connectivity index (χ2v) is 4.56. The lowest BCUT2D eigenvalue weighted by Gasteiger charge is -2.32. The molecule has 2 fully saturated rings. The molecular weight excluding hydrogens is 138 g/mol. The molecule has 2 nitrogen and oxygen atoms in total. The van der Waals surface area contributed by atoms with Gasteiger partial charge in [-0.05, 0) is 24.2 Å². The van der Waals surface area contributed by atoms with Crippen molar-refractivity contribution >= 4 is 5.78 Å². The molecule has 0 aromatic heterocycles. The smallest absolute Gasteiger partial charge is 0.153 e. The molecule has 0 heterocycles. The minimum Gasteiger partial charge on any atom is -0.319 e. The second-order valence-electron chi connectivity index (χ2n) is 4.56. The van der Waals surface area contributed by atoms with Crippen molar-refractivity contribution in [3.8, 4) is 0 Å². The predicted molar refractivity (Wildman–Crippen MR) is 43.0 cm³/mol. The molecule has 0 saturated heterocycles. The minimum absolute atomic E-state index is 0.0596. The molecule has 0 aliphatic heterocycles. The van der Waals surface area contributed by atoms with E-state index < -0.39 is 5.54 Å². The van der Waals surface area contributed by atoms with Crippen molar-refractivity contribution in [2.24, 2.45) is 17.1 Å². The minimum atomic E-state index is -0.475. The summed E-state index contributed by atoms with van der Waals surface area (Å²) in [6.07, 6.45) is 2.78. The van der Waals surface area contributed by atoms with Gasteiger partial charge in [-0.25, -0.2) is 0 Å². The summed E-state index contributed by atoms with van der Waals surface area (Å²) in [5.41, 5.74) is 5.66. The van der Waals surface area contributed by atoms with Gasteiger partial charge in [-0.3, -0.25) is 4.79 Å². The van der Waals surface area contributed by atoms with E-state index in [2.05, 4.69) is 13.8 Å². The maximum atomic E-state index is 11.4. The molecule has 0 aromatic carbocycles. The Bertz CT molecular complexity index is 222. The van der Waals surface area contributed by atoms with Crippen LogP contribution in [0, 0.1) is 11.3 Å². The summed E-state index contributed by atoms with van der Waals surface area (Å²) >= 11 is 0. The van der Waals surface area contributed by atoms with Crippen LogP contribution in [0.3, 0.4) is 0 Å². The molecule has 2 atom stereocenters. The van der Waals surface area contributed by atoms with E-state index in [4.69, 9.17) is 5.73 Å². The highest BCUT2D eigenvalue weighted by atomic mass is 16.1. The first-order valence-electron chi connectivity index (χ1n) is 4.31. The first-order valence-corrected chi connectivity index (χ1v) is 4.31. The van der Waals surface area contributed by atoms with Crippen molar-refractivity contribution in [2.45, 2.75) is 38.6 Å². The van der Waals surface area contributed by atoms with E-state index in [-0.39, 0.29) is 5.41 Å². The molecule has 0 radical (unpaired) electrons. The molecule has 2 unspecified atom stereocenters. The number of hydrogen-bond donors (Lipinski definition) is 1. The molecule has 2 aliphatic rings. The zero-order valence-corrected chi connectivity index (χ0v) is 7.18. The van der Waals surface area contributed by atoms with Crippen molar-refractivity contribution in [2.75, 3.05) is 0 Å². The van der Waals surface area contributed by atoms with Crippen LogP contribution in [-0.4, -0.2) is 11.3 Å². The summed E-state index contributed by atoms with van der Waals surface area (Å²) < 4.78 is 0. The third-order valence-electron chi connectivity index (χ3n) is 3.99. The molecule has 2 aliphatic carbocycles. The fourth-order valence-corrected chi connectivity index (χ4v) is 2.71. The van der Waals surface area contributed by atoms with Gasteiger partial charge in [0.2, 0.25) is 0 Å². The molecule has 2 saturated carbocycles. The summed E-state index contributed by atoms with van der Waals surface area (Å²) in [4.78, 5) is 11.4. The zero-order valence-electron chi connectivity index (χ0n) is 7.18. The first kappa shape index (κ1) is 7.29. The lowest BCUT2D eigenvalue weighted by Crippen LogP contribution is -2.51. The van der Waals surface area contributed by atoms with Gasteiger partial charge < -0.3 is 5.73 Å². The highest BCUT2D eigenvalue weighted by molar-refractivity contribution is 5.93. The fourth-order valence-electron chi connectivity index (χ4n) is 2.71. The van der Waals surface area contributed by atoms with Crippen molar-refractivity contribution in [1.82, 2.24) is 0 Å². The number of carbonyl (C=O) groups excluding carboxylic acids is 1. The highest BCUT2D eigenvalue weighted by Gasteiger charge is 2.62. The van der Waals surface area contributed by atoms with Gasteiger partial charge in [-0.15, -0.1) is 0 Å². The molecule has 0 amide bonds. The lowest BCUT2D eigenvalue weighted by atomic mass is 9.77. The maximum Gasteiger partial charge on any atom is 0.153 e. The lowest BCUT2D eigenvalue weighted by molar-refractivity contribution is -0.124. The van der Waals surface area contributed by atoms with Crippen molar-refractivity contribution < 1.29 is 4.79 Å². The fraction of sp³-hybridized carbons (Fsp3) is 0.889. The van der Waals surface area contributed by atoms with Crippen molar-refractivity contribution in [3.63, 3.8) is 0 Å². The summed E-state index contributed by atoms with van der Waals surface area (Å²) in [6, 6.07) is 0. The van der Waals surface area contributed by atoms with Gasteiger partial charge in [-0.1, -0.05) is 13.8 Å². The molecule has 2 bridgehead atoms. The Kier molecular flexibility index (Phi) is 1.12. The monoisotopic (exact) mass is 153 g/mol. The summed E-state index contributed by atoms with van der Waals surface area (Å²) in [7, 11) is 0. The average molecular weight is 153 g/mol. The van der Waals surface area contributed by atoms with Gasteiger partial charge in [0.05, 0.1) is 5.54 Å². The van der Waals surface area contributed by atoms with Gasteiger partial charge in [0.25, 0.3) is 0 Å². The number of fused-ring (bicyclic) bond motifs is 2. The van der Waals surface area contributed by atoms with E-state index in [1.54, 1.807) is 0 Å². The van der Waals surface area contributed by atoms with E-state index in [1.807, 2.05) is 0 Å². The molecule has 62 valence electrons. The van der Waals surface area contributed by atoms with E-state index in [0.717, 1.165) is 19.3 Å². The maximum absolute atomic E-state index is 11.4. The first-order chi connectivity index (χ1) is 4.98. The molecule has 0 aromatic rings. The molecule has 2 heteroatoms. The SMILES string of the molecule is CC1(C)C2CCC1(N)C(=O)C2. The Labute approximate surface area is 67.1 Å². The Balaban J connectivity index is 2.47. The Morgan fingerprint density at radius 3 is 2.36 bits per heavy atom. The number of ketones is 1. The summed E-state index contributed by atoms with van der Waals surface area (Å²) in [5, 5.41) is 0. The van der Waals surface area contributed by atoms with Crippen LogP contribution in [0.25, 0.3) is 0 Å². The Morgan fingerprint density at radius 2 is 2.18 bits per heavy atom. The molecule has 2 N–H and O–H groups in total. The molecule has 2 rings (SSSR count). The number of nitrogens with two attached hydrogens (primary N) is 1. The average Bonchev–Trinajstić information content (AvgIpc) is 2.20. The van der Waals surface area contributed by atoms with E-state index >= 15 is 0 Å². The summed E-state index contributed by atoms with van der Waals surface area (Å²) in [5.74, 6) is 0.846. The van der Waals surface area contributed by atoms with Crippen LogP contribution in [0.4, 0.5) is 0 Å². The topological polar surface area (TPSA) is 43.1 Å². The largest absolute Gasteiger partial charge is 0.319 e. The standard InChI is InChI=1S/C9H15NO/c1-8(2)6-3-4-9(8,10)7(11)5-6/h6H,3-5,10H2,1-2H3. The normalized spacial score (nSPS) is 46.8. The van der Waals surface area contributed by atoms with Crippen molar-refractivity contribution in [3.05, 3.63) is 0 Å². The molecule has 11 heavy (non-hydrogen) atoms. The van der Waals surface area contributed by atoms with E-state index in [9.17, 15) is 4.79 Å². The highest BCUT2D eigenvalue weighted by Crippen LogP contribution is 2.56. The van der Waals surface area contributed by atoms with Crippen LogP contribution >= 0.6 is 0 Å². The van der Waals surface area contributed by atoms with E-state index in [1.165, 1.54) is 0 Å². The van der Waals surface area contributed by atoms with Crippen LogP contribution in [0.15, 0.2) is 0 Å². The van der Waals surface area contributed by atoms with Crippen molar-refractivity contribution in [1.29, 1.82) is 0 Å². The van der Waals surface area contributed by atoms with Gasteiger partial charge in [-0.2, -0.15) is 0 Å². The predicted octanol–water partition coefficient (Wildman–Crippen LogP) is 1.09. The van der Waals surface area contributed by atoms with Crippen LogP contribution < -0.4 is 5.73 Å². The van der Waals surface area contributed by atoms with Gasteiger partial charge >= 0.3 is 0 Å². The van der Waals surface area contributed by atoms with Gasteiger partial charge in [0.1, 0.15) is 0 Å². The third kappa shape index (κ3) is 0.598. The third-order valence-corrected chi connectivity index (χ3v) is 3.99. The van der Waals surface area contributed by atoms with Crippen LogP contribution in [0.5, 0.6) is 0 Å². The second kappa shape index (κ2) is 1.69. The zero-order chi connectivity index (χ0) is 8.28. The van der Waals surface area contributed by atoms with Gasteiger partial charge in [0, 0.05) is 6.42 Å². The van der Waals surface area contributed by atoms with Crippen LogP contribution in [-0.2, 0) is 4.79 Å². The van der Waals surface area contributed by atoms with Crippen LogP contribution in [0.2, 0.25) is 0 Å². The number of carbonyl (C=O) groups is 1. The van der Waals surface area contributed by atoms with E-state index in [0.29, 0.717) is 11.7 Å². The summed E-state index contributed by atoms with van der Waals surface area (Å²) in [6.45, 7) is 4.27. The Morgan fingerprint density at radius 1 is 1.55 bits per heavy atom. The Hall–Kier alpha value is -0.370.